The maximum absolute atomic E-state index is 11.0. The standard InChI is InChI=1S/C14H23N5O2S.ClH/c1-11(13(20)21)19-6-4-18(5-7-19)8-12-9-22-14(16-12)15-10-17(2)3;/h9-11H,4-8H2,1-3H3,(H,20,21);1H. The monoisotopic (exact) mass is 361 g/mol. The second-order valence-corrected chi connectivity index (χ2v) is 6.49. The van der Waals surface area contributed by atoms with Crippen LogP contribution in [0.1, 0.15) is 12.6 Å². The molecule has 0 amide bonds. The summed E-state index contributed by atoms with van der Waals surface area (Å²) in [6.45, 7) is 5.83. The van der Waals surface area contributed by atoms with E-state index >= 15 is 0 Å². The number of carboxylic acid groups (broad SMARTS) is 1. The highest BCUT2D eigenvalue weighted by atomic mass is 35.5. The molecular weight excluding hydrogens is 338 g/mol. The fraction of sp³-hybridized carbons (Fsp3) is 0.643. The lowest BCUT2D eigenvalue weighted by Gasteiger charge is -2.36. The van der Waals surface area contributed by atoms with Gasteiger partial charge in [-0.2, -0.15) is 0 Å². The van der Waals surface area contributed by atoms with E-state index < -0.39 is 12.0 Å². The van der Waals surface area contributed by atoms with Crippen molar-refractivity contribution in [3.05, 3.63) is 11.1 Å². The molecule has 2 heterocycles. The van der Waals surface area contributed by atoms with Crippen molar-refractivity contribution in [1.82, 2.24) is 19.7 Å². The molecule has 1 aromatic heterocycles. The van der Waals surface area contributed by atoms with E-state index in [4.69, 9.17) is 5.11 Å². The molecule has 1 atom stereocenters. The molecule has 0 saturated carbocycles. The average molecular weight is 362 g/mol. The van der Waals surface area contributed by atoms with E-state index in [1.807, 2.05) is 29.3 Å². The number of rotatable bonds is 6. The normalized spacial score (nSPS) is 17.9. The molecule has 1 aromatic rings. The minimum atomic E-state index is -0.753. The Morgan fingerprint density at radius 1 is 1.48 bits per heavy atom. The number of halogens is 1. The molecule has 1 unspecified atom stereocenters. The third kappa shape index (κ3) is 6.06. The summed E-state index contributed by atoms with van der Waals surface area (Å²) in [5.41, 5.74) is 1.02. The van der Waals surface area contributed by atoms with E-state index in [-0.39, 0.29) is 12.4 Å². The quantitative estimate of drug-likeness (QED) is 0.609. The molecule has 1 aliphatic heterocycles. The molecule has 130 valence electrons. The highest BCUT2D eigenvalue weighted by molar-refractivity contribution is 7.13. The van der Waals surface area contributed by atoms with Crippen molar-refractivity contribution in [2.45, 2.75) is 19.5 Å². The molecule has 0 bridgehead atoms. The van der Waals surface area contributed by atoms with Gasteiger partial charge in [0.15, 0.2) is 0 Å². The maximum atomic E-state index is 11.0. The number of aromatic nitrogens is 1. The van der Waals surface area contributed by atoms with Crippen LogP contribution in [0.3, 0.4) is 0 Å². The summed E-state index contributed by atoms with van der Waals surface area (Å²) in [7, 11) is 3.85. The first-order chi connectivity index (χ1) is 10.5. The van der Waals surface area contributed by atoms with Crippen LogP contribution < -0.4 is 0 Å². The minimum absolute atomic E-state index is 0. The molecule has 1 aliphatic rings. The van der Waals surface area contributed by atoms with Crippen LogP contribution in [-0.4, -0.2) is 83.4 Å². The highest BCUT2D eigenvalue weighted by Gasteiger charge is 2.25. The molecular formula is C14H24ClN5O2S. The zero-order valence-corrected chi connectivity index (χ0v) is 15.3. The van der Waals surface area contributed by atoms with Crippen molar-refractivity contribution in [2.75, 3.05) is 40.3 Å². The van der Waals surface area contributed by atoms with Crippen LogP contribution in [-0.2, 0) is 11.3 Å². The predicted molar refractivity (Wildman–Crippen MR) is 95.1 cm³/mol. The molecule has 9 heteroatoms. The third-order valence-electron chi connectivity index (χ3n) is 3.64. The van der Waals surface area contributed by atoms with Crippen LogP contribution in [0.25, 0.3) is 0 Å². The number of piperazine rings is 1. The topological polar surface area (TPSA) is 72.3 Å². The maximum Gasteiger partial charge on any atom is 0.320 e. The molecule has 0 aliphatic carbocycles. The fourth-order valence-corrected chi connectivity index (χ4v) is 2.93. The fourth-order valence-electron chi connectivity index (χ4n) is 2.29. The third-order valence-corrected chi connectivity index (χ3v) is 4.43. The first-order valence-corrected chi connectivity index (χ1v) is 8.18. The van der Waals surface area contributed by atoms with E-state index in [9.17, 15) is 4.79 Å². The van der Waals surface area contributed by atoms with Gasteiger partial charge in [-0.3, -0.25) is 14.6 Å². The van der Waals surface area contributed by atoms with Gasteiger partial charge in [0.2, 0.25) is 5.13 Å². The lowest BCUT2D eigenvalue weighted by molar-refractivity contribution is -0.143. The lowest BCUT2D eigenvalue weighted by atomic mass is 10.2. The van der Waals surface area contributed by atoms with E-state index in [0.717, 1.165) is 43.5 Å². The summed E-state index contributed by atoms with van der Waals surface area (Å²) in [5.74, 6) is -0.753. The van der Waals surface area contributed by atoms with Crippen molar-refractivity contribution in [1.29, 1.82) is 0 Å². The first kappa shape index (κ1) is 19.8. The molecule has 7 nitrogen and oxygen atoms in total. The molecule has 2 rings (SSSR count). The van der Waals surface area contributed by atoms with Crippen LogP contribution >= 0.6 is 23.7 Å². The Hall–Kier alpha value is -1.22. The number of thiazole rings is 1. The molecule has 0 aromatic carbocycles. The van der Waals surface area contributed by atoms with Crippen LogP contribution in [0.5, 0.6) is 0 Å². The average Bonchev–Trinajstić information content (AvgIpc) is 2.92. The van der Waals surface area contributed by atoms with Crippen molar-refractivity contribution in [2.24, 2.45) is 4.99 Å². The second-order valence-electron chi connectivity index (χ2n) is 5.66. The van der Waals surface area contributed by atoms with Gasteiger partial charge in [-0.05, 0) is 6.92 Å². The zero-order valence-electron chi connectivity index (χ0n) is 13.7. The molecule has 1 saturated heterocycles. The number of aliphatic imine (C=N–C) groups is 1. The summed E-state index contributed by atoms with van der Waals surface area (Å²) in [6, 6.07) is -0.409. The Bertz CT molecular complexity index is 529. The predicted octanol–water partition coefficient (Wildman–Crippen LogP) is 1.38. The number of hydrogen-bond donors (Lipinski definition) is 1. The van der Waals surface area contributed by atoms with E-state index in [1.54, 1.807) is 13.3 Å². The zero-order chi connectivity index (χ0) is 16.1. The van der Waals surface area contributed by atoms with Gasteiger partial charge < -0.3 is 10.0 Å². The Labute approximate surface area is 147 Å². The Kier molecular flexibility index (Phi) is 7.90. The summed E-state index contributed by atoms with van der Waals surface area (Å²) >= 11 is 1.54. The summed E-state index contributed by atoms with van der Waals surface area (Å²) in [4.78, 5) is 26.0. The summed E-state index contributed by atoms with van der Waals surface area (Å²) in [5, 5.41) is 11.8. The number of hydrogen-bond acceptors (Lipinski definition) is 6. The number of nitrogens with zero attached hydrogens (tertiary/aromatic N) is 5. The van der Waals surface area contributed by atoms with Gasteiger partial charge >= 0.3 is 5.97 Å². The van der Waals surface area contributed by atoms with Gasteiger partial charge in [0.05, 0.1) is 12.0 Å². The van der Waals surface area contributed by atoms with E-state index in [0.29, 0.717) is 0 Å². The largest absolute Gasteiger partial charge is 0.480 e. The van der Waals surface area contributed by atoms with Gasteiger partial charge in [0, 0.05) is 52.2 Å². The van der Waals surface area contributed by atoms with Crippen molar-refractivity contribution < 1.29 is 9.90 Å². The van der Waals surface area contributed by atoms with Gasteiger partial charge in [-0.25, -0.2) is 9.98 Å². The second kappa shape index (κ2) is 9.17. The Balaban J connectivity index is 0.00000264. The van der Waals surface area contributed by atoms with Gasteiger partial charge in [-0.1, -0.05) is 0 Å². The van der Waals surface area contributed by atoms with Crippen LogP contribution in [0.2, 0.25) is 0 Å². The van der Waals surface area contributed by atoms with Crippen molar-refractivity contribution in [3.8, 4) is 0 Å². The Morgan fingerprint density at radius 3 is 2.70 bits per heavy atom. The van der Waals surface area contributed by atoms with Crippen LogP contribution in [0.4, 0.5) is 5.13 Å². The molecule has 0 spiro atoms. The molecule has 23 heavy (non-hydrogen) atoms. The lowest BCUT2D eigenvalue weighted by Crippen LogP contribution is -2.51. The SMILES string of the molecule is CC(C(=O)O)N1CCN(Cc2csc(N=CN(C)C)n2)CC1.Cl. The molecule has 1 N–H and O–H groups in total. The molecule has 1 fully saturated rings. The number of aliphatic carboxylic acids is 1. The van der Waals surface area contributed by atoms with Gasteiger partial charge in [0.1, 0.15) is 6.04 Å². The summed E-state index contributed by atoms with van der Waals surface area (Å²) < 4.78 is 0. The van der Waals surface area contributed by atoms with E-state index in [2.05, 4.69) is 14.9 Å². The van der Waals surface area contributed by atoms with Gasteiger partial charge in [0.25, 0.3) is 0 Å². The summed E-state index contributed by atoms with van der Waals surface area (Å²) in [6.07, 6.45) is 1.74. The molecule has 0 radical (unpaired) electrons. The smallest absolute Gasteiger partial charge is 0.320 e. The number of carbonyl (C=O) groups is 1. The van der Waals surface area contributed by atoms with Crippen molar-refractivity contribution >= 4 is 41.2 Å². The van der Waals surface area contributed by atoms with Crippen molar-refractivity contribution in [3.63, 3.8) is 0 Å². The van der Waals surface area contributed by atoms with Gasteiger partial charge in [-0.15, -0.1) is 23.7 Å². The van der Waals surface area contributed by atoms with E-state index in [1.165, 1.54) is 11.3 Å². The van der Waals surface area contributed by atoms with Crippen LogP contribution in [0, 0.1) is 0 Å². The highest BCUT2D eigenvalue weighted by Crippen LogP contribution is 2.20. The first-order valence-electron chi connectivity index (χ1n) is 7.30. The Morgan fingerprint density at radius 2 is 2.13 bits per heavy atom. The van der Waals surface area contributed by atoms with Crippen LogP contribution in [0.15, 0.2) is 10.4 Å². The number of carboxylic acids is 1. The minimum Gasteiger partial charge on any atom is -0.480 e.